The van der Waals surface area contributed by atoms with E-state index in [2.05, 4.69) is 16.0 Å². The van der Waals surface area contributed by atoms with E-state index < -0.39 is 39.9 Å². The lowest BCUT2D eigenvalue weighted by molar-refractivity contribution is -0.137. The van der Waals surface area contributed by atoms with Gasteiger partial charge in [0.05, 0.1) is 22.5 Å². The number of urea groups is 1. The van der Waals surface area contributed by atoms with Crippen molar-refractivity contribution in [1.29, 1.82) is 0 Å². The van der Waals surface area contributed by atoms with Gasteiger partial charge in [0.2, 0.25) is 0 Å². The Kier molecular flexibility index (Phi) is 9.16. The first-order valence-corrected chi connectivity index (χ1v) is 13.4. The van der Waals surface area contributed by atoms with Crippen molar-refractivity contribution in [2.75, 3.05) is 10.6 Å². The molecule has 4 aromatic rings. The topological polar surface area (TPSA) is 142 Å². The van der Waals surface area contributed by atoms with E-state index in [9.17, 15) is 28.5 Å². The van der Waals surface area contributed by atoms with Gasteiger partial charge in [0.25, 0.3) is 11.8 Å². The lowest BCUT2D eigenvalue weighted by Crippen LogP contribution is -2.34. The van der Waals surface area contributed by atoms with Gasteiger partial charge in [-0.2, -0.15) is 0 Å². The molecule has 0 saturated carbocycles. The molecule has 0 fully saturated rings. The van der Waals surface area contributed by atoms with E-state index in [1.807, 2.05) is 0 Å². The highest BCUT2D eigenvalue weighted by molar-refractivity contribution is 7.85. The summed E-state index contributed by atoms with van der Waals surface area (Å²) in [5, 5.41) is 16.1. The van der Waals surface area contributed by atoms with Crippen molar-refractivity contribution in [3.05, 3.63) is 126 Å². The molecule has 4 aromatic carbocycles. The van der Waals surface area contributed by atoms with E-state index in [0.717, 1.165) is 0 Å². The maximum atomic E-state index is 13.2. The van der Waals surface area contributed by atoms with Crippen molar-refractivity contribution >= 4 is 46.0 Å². The molecule has 0 saturated heterocycles. The van der Waals surface area contributed by atoms with Gasteiger partial charge in [0, 0.05) is 27.4 Å². The van der Waals surface area contributed by atoms with E-state index in [1.165, 1.54) is 24.3 Å². The molecule has 40 heavy (non-hydrogen) atoms. The molecule has 2 unspecified atom stereocenters. The van der Waals surface area contributed by atoms with Crippen LogP contribution in [0.3, 0.4) is 0 Å². The van der Waals surface area contributed by atoms with Gasteiger partial charge in [-0.1, -0.05) is 48.5 Å². The highest BCUT2D eigenvalue weighted by Crippen LogP contribution is 2.29. The van der Waals surface area contributed by atoms with Crippen molar-refractivity contribution in [2.45, 2.75) is 16.6 Å². The molecular formula is C30H25N3O6S. The quantitative estimate of drug-likeness (QED) is 0.223. The van der Waals surface area contributed by atoms with Crippen LogP contribution in [0, 0.1) is 0 Å². The van der Waals surface area contributed by atoms with Crippen LogP contribution in [0.25, 0.3) is 0 Å². The van der Waals surface area contributed by atoms with Crippen molar-refractivity contribution in [2.24, 2.45) is 0 Å². The molecule has 0 radical (unpaired) electrons. The van der Waals surface area contributed by atoms with Crippen molar-refractivity contribution < 1.29 is 28.5 Å². The zero-order valence-electron chi connectivity index (χ0n) is 21.1. The molecule has 0 aliphatic heterocycles. The number of anilines is 2. The molecule has 0 heterocycles. The number of amides is 4. The number of imide groups is 1. The molecule has 202 valence electrons. The number of benzene rings is 4. The second kappa shape index (κ2) is 13.1. The average molecular weight is 556 g/mol. The summed E-state index contributed by atoms with van der Waals surface area (Å²) in [6, 6.07) is 28.9. The Bertz CT molecular complexity index is 1530. The number of carboxylic acids is 1. The van der Waals surface area contributed by atoms with Crippen LogP contribution in [-0.4, -0.2) is 33.1 Å². The Morgan fingerprint density at radius 1 is 0.650 bits per heavy atom. The minimum Gasteiger partial charge on any atom is -0.481 e. The van der Waals surface area contributed by atoms with Crippen LogP contribution in [0.5, 0.6) is 0 Å². The maximum Gasteiger partial charge on any atom is 0.326 e. The largest absolute Gasteiger partial charge is 0.481 e. The summed E-state index contributed by atoms with van der Waals surface area (Å²) in [5.41, 5.74) is 2.18. The Hall–Kier alpha value is -5.09. The first kappa shape index (κ1) is 27.9. The molecule has 10 heteroatoms. The number of hydrogen-bond donors (Lipinski definition) is 4. The molecule has 2 atom stereocenters. The van der Waals surface area contributed by atoms with E-state index in [-0.39, 0.29) is 6.42 Å². The molecule has 0 aromatic heterocycles. The molecule has 0 spiro atoms. The van der Waals surface area contributed by atoms with E-state index in [4.69, 9.17) is 0 Å². The second-order valence-electron chi connectivity index (χ2n) is 8.62. The molecule has 4 N–H and O–H groups in total. The summed E-state index contributed by atoms with van der Waals surface area (Å²) in [6.07, 6.45) is -0.287. The third kappa shape index (κ3) is 7.49. The highest BCUT2D eigenvalue weighted by atomic mass is 32.2. The van der Waals surface area contributed by atoms with Gasteiger partial charge in [-0.3, -0.25) is 23.9 Å². The Balaban J connectivity index is 1.34. The Morgan fingerprint density at radius 3 is 1.77 bits per heavy atom. The second-order valence-corrected chi connectivity index (χ2v) is 10.3. The molecular weight excluding hydrogens is 530 g/mol. The monoisotopic (exact) mass is 555 g/mol. The first-order chi connectivity index (χ1) is 19.3. The lowest BCUT2D eigenvalue weighted by atomic mass is 10.1. The van der Waals surface area contributed by atoms with E-state index >= 15 is 0 Å². The van der Waals surface area contributed by atoms with Gasteiger partial charge < -0.3 is 15.7 Å². The lowest BCUT2D eigenvalue weighted by Gasteiger charge is -2.15. The van der Waals surface area contributed by atoms with Crippen molar-refractivity contribution in [3.8, 4) is 0 Å². The average Bonchev–Trinajstić information content (AvgIpc) is 2.97. The van der Waals surface area contributed by atoms with Gasteiger partial charge in [-0.25, -0.2) is 4.79 Å². The SMILES string of the molecule is O=C(O)CC(c1ccccc1)S(=O)c1ccc(NC(=O)c2ccc(NC(=O)NC(=O)c3ccccc3)cc2)cc1. The highest BCUT2D eigenvalue weighted by Gasteiger charge is 2.23. The van der Waals surface area contributed by atoms with Crippen LogP contribution in [0.1, 0.15) is 38.0 Å². The third-order valence-electron chi connectivity index (χ3n) is 5.80. The number of nitrogens with one attached hydrogen (secondary N) is 3. The molecule has 0 aliphatic carbocycles. The van der Waals surface area contributed by atoms with Crippen LogP contribution in [0.2, 0.25) is 0 Å². The zero-order chi connectivity index (χ0) is 28.5. The summed E-state index contributed by atoms with van der Waals surface area (Å²) in [7, 11) is -1.63. The normalized spacial score (nSPS) is 12.0. The van der Waals surface area contributed by atoms with E-state index in [0.29, 0.717) is 33.0 Å². The summed E-state index contributed by atoms with van der Waals surface area (Å²) in [6.45, 7) is 0. The number of carboxylic acid groups (broad SMARTS) is 1. The van der Waals surface area contributed by atoms with Gasteiger partial charge >= 0.3 is 12.0 Å². The van der Waals surface area contributed by atoms with Gasteiger partial charge in [-0.15, -0.1) is 0 Å². The number of aliphatic carboxylic acids is 1. The van der Waals surface area contributed by atoms with Crippen LogP contribution in [0.4, 0.5) is 16.2 Å². The van der Waals surface area contributed by atoms with Crippen LogP contribution in [-0.2, 0) is 15.6 Å². The number of rotatable bonds is 9. The third-order valence-corrected chi connectivity index (χ3v) is 7.49. The summed E-state index contributed by atoms with van der Waals surface area (Å²) < 4.78 is 13.2. The fraction of sp³-hybridized carbons (Fsp3) is 0.0667. The summed E-state index contributed by atoms with van der Waals surface area (Å²) >= 11 is 0. The predicted molar refractivity (Wildman–Crippen MR) is 152 cm³/mol. The van der Waals surface area contributed by atoms with Crippen LogP contribution >= 0.6 is 0 Å². The molecule has 4 amide bonds. The van der Waals surface area contributed by atoms with Crippen molar-refractivity contribution in [3.63, 3.8) is 0 Å². The number of carbonyl (C=O) groups is 4. The smallest absolute Gasteiger partial charge is 0.326 e. The summed E-state index contributed by atoms with van der Waals surface area (Å²) in [4.78, 5) is 48.7. The minimum absolute atomic E-state index is 0.287. The maximum absolute atomic E-state index is 13.2. The van der Waals surface area contributed by atoms with Crippen LogP contribution < -0.4 is 16.0 Å². The first-order valence-electron chi connectivity index (χ1n) is 12.2. The predicted octanol–water partition coefficient (Wildman–Crippen LogP) is 5.22. The molecule has 0 bridgehead atoms. The van der Waals surface area contributed by atoms with E-state index in [1.54, 1.807) is 84.9 Å². The van der Waals surface area contributed by atoms with Crippen LogP contribution in [0.15, 0.2) is 114 Å². The molecule has 0 aliphatic rings. The number of hydrogen-bond acceptors (Lipinski definition) is 5. The molecule has 9 nitrogen and oxygen atoms in total. The standard InChI is InChI=1S/C30H25N3O6S/c34-27(35)19-26(20-7-3-1-4-8-20)40(39)25-17-15-23(16-18-25)31-28(36)22-11-13-24(14-12-22)32-30(38)33-29(37)21-9-5-2-6-10-21/h1-18,26H,19H2,(H,31,36)(H,34,35)(H2,32,33,37,38). The Labute approximate surface area is 232 Å². The van der Waals surface area contributed by atoms with Gasteiger partial charge in [0.15, 0.2) is 0 Å². The number of carbonyl (C=O) groups excluding carboxylic acids is 3. The van der Waals surface area contributed by atoms with Crippen molar-refractivity contribution in [1.82, 2.24) is 5.32 Å². The minimum atomic E-state index is -1.63. The summed E-state index contributed by atoms with van der Waals surface area (Å²) in [5.74, 6) is -1.99. The Morgan fingerprint density at radius 2 is 1.18 bits per heavy atom. The van der Waals surface area contributed by atoms with Gasteiger partial charge in [-0.05, 0) is 66.2 Å². The fourth-order valence-corrected chi connectivity index (χ4v) is 5.25. The molecule has 4 rings (SSSR count). The fourth-order valence-electron chi connectivity index (χ4n) is 3.82. The zero-order valence-corrected chi connectivity index (χ0v) is 21.9. The van der Waals surface area contributed by atoms with Gasteiger partial charge in [0.1, 0.15) is 0 Å².